The number of hydrogen-bond acceptors (Lipinski definition) is 3. The number of rotatable bonds is 7. The van der Waals surface area contributed by atoms with Gasteiger partial charge in [-0.05, 0) is 17.7 Å². The van der Waals surface area contributed by atoms with Crippen LogP contribution in [0.3, 0.4) is 0 Å². The summed E-state index contributed by atoms with van der Waals surface area (Å²) in [6.45, 7) is 7.61. The first-order chi connectivity index (χ1) is 9.03. The van der Waals surface area contributed by atoms with E-state index in [2.05, 4.69) is 13.2 Å². The number of sulfonamides is 1. The van der Waals surface area contributed by atoms with Crippen molar-refractivity contribution in [2.24, 2.45) is 0 Å². The zero-order chi connectivity index (χ0) is 14.3. The molecule has 5 heteroatoms. The maximum Gasteiger partial charge on any atom is 0.218 e. The molecule has 0 amide bonds. The van der Waals surface area contributed by atoms with Gasteiger partial charge in [0.15, 0.2) is 0 Å². The number of hydrogen-bond donors (Lipinski definition) is 0. The van der Waals surface area contributed by atoms with Crippen LogP contribution in [0.2, 0.25) is 0 Å². The molecular formula is C14H16N2O2S. The fourth-order valence-electron chi connectivity index (χ4n) is 1.57. The second-order valence-electron chi connectivity index (χ2n) is 3.96. The SMILES string of the molecule is C=CCN(CC=C)S(=O)(=O)Cc1ccc(C#N)cc1. The van der Waals surface area contributed by atoms with Gasteiger partial charge < -0.3 is 0 Å². The highest BCUT2D eigenvalue weighted by molar-refractivity contribution is 7.88. The van der Waals surface area contributed by atoms with E-state index < -0.39 is 10.0 Å². The predicted octanol–water partition coefficient (Wildman–Crippen LogP) is 2.06. The second kappa shape index (κ2) is 6.88. The highest BCUT2D eigenvalue weighted by Gasteiger charge is 2.20. The number of benzene rings is 1. The fraction of sp³-hybridized carbons (Fsp3) is 0.214. The molecule has 0 heterocycles. The Morgan fingerprint density at radius 2 is 1.68 bits per heavy atom. The molecule has 0 aliphatic carbocycles. The normalized spacial score (nSPS) is 10.9. The Bertz CT molecular complexity index is 573. The van der Waals surface area contributed by atoms with Crippen LogP contribution in [0.15, 0.2) is 49.6 Å². The van der Waals surface area contributed by atoms with Crippen LogP contribution in [0, 0.1) is 11.3 Å². The molecule has 19 heavy (non-hydrogen) atoms. The third kappa shape index (κ3) is 4.36. The van der Waals surface area contributed by atoms with Crippen molar-refractivity contribution < 1.29 is 8.42 Å². The van der Waals surface area contributed by atoms with E-state index in [0.717, 1.165) is 0 Å². The first kappa shape index (κ1) is 15.2. The summed E-state index contributed by atoms with van der Waals surface area (Å²) >= 11 is 0. The van der Waals surface area contributed by atoms with E-state index in [1.54, 1.807) is 36.4 Å². The van der Waals surface area contributed by atoms with E-state index >= 15 is 0 Å². The van der Waals surface area contributed by atoms with Gasteiger partial charge in [-0.25, -0.2) is 8.42 Å². The zero-order valence-corrected chi connectivity index (χ0v) is 11.4. The Morgan fingerprint density at radius 1 is 1.16 bits per heavy atom. The lowest BCUT2D eigenvalue weighted by Crippen LogP contribution is -2.32. The Balaban J connectivity index is 2.90. The van der Waals surface area contributed by atoms with Crippen molar-refractivity contribution >= 4 is 10.0 Å². The minimum Gasteiger partial charge on any atom is -0.212 e. The topological polar surface area (TPSA) is 61.2 Å². The van der Waals surface area contributed by atoms with Gasteiger partial charge in [0.25, 0.3) is 0 Å². The van der Waals surface area contributed by atoms with Gasteiger partial charge >= 0.3 is 0 Å². The molecule has 0 saturated heterocycles. The lowest BCUT2D eigenvalue weighted by Gasteiger charge is -2.18. The minimum atomic E-state index is -3.41. The fourth-order valence-corrected chi connectivity index (χ4v) is 3.03. The van der Waals surface area contributed by atoms with Crippen LogP contribution in [0.25, 0.3) is 0 Å². The molecule has 0 bridgehead atoms. The van der Waals surface area contributed by atoms with Crippen molar-refractivity contribution in [3.05, 3.63) is 60.7 Å². The van der Waals surface area contributed by atoms with Crippen molar-refractivity contribution in [2.45, 2.75) is 5.75 Å². The first-order valence-corrected chi connectivity index (χ1v) is 7.33. The van der Waals surface area contributed by atoms with E-state index in [4.69, 9.17) is 5.26 Å². The zero-order valence-electron chi connectivity index (χ0n) is 10.6. The van der Waals surface area contributed by atoms with Crippen LogP contribution in [-0.2, 0) is 15.8 Å². The van der Waals surface area contributed by atoms with Gasteiger partial charge in [0.1, 0.15) is 0 Å². The quantitative estimate of drug-likeness (QED) is 0.716. The predicted molar refractivity (Wildman–Crippen MR) is 75.7 cm³/mol. The monoisotopic (exact) mass is 276 g/mol. The molecule has 0 aliphatic heterocycles. The van der Waals surface area contributed by atoms with Crippen molar-refractivity contribution in [3.63, 3.8) is 0 Å². The van der Waals surface area contributed by atoms with E-state index in [9.17, 15) is 8.42 Å². The maximum atomic E-state index is 12.2. The smallest absolute Gasteiger partial charge is 0.212 e. The largest absolute Gasteiger partial charge is 0.218 e. The number of nitriles is 1. The third-order valence-electron chi connectivity index (χ3n) is 2.49. The summed E-state index contributed by atoms with van der Waals surface area (Å²) in [5.74, 6) is -0.0968. The van der Waals surface area contributed by atoms with E-state index in [-0.39, 0.29) is 18.8 Å². The Kier molecular flexibility index (Phi) is 5.49. The van der Waals surface area contributed by atoms with Crippen molar-refractivity contribution in [3.8, 4) is 6.07 Å². The Labute approximate surface area is 114 Å². The summed E-state index contributed by atoms with van der Waals surface area (Å²) in [5, 5.41) is 8.69. The Morgan fingerprint density at radius 3 is 2.11 bits per heavy atom. The van der Waals surface area contributed by atoms with Crippen LogP contribution < -0.4 is 0 Å². The van der Waals surface area contributed by atoms with Crippen LogP contribution in [-0.4, -0.2) is 25.8 Å². The van der Waals surface area contributed by atoms with Crippen LogP contribution >= 0.6 is 0 Å². The molecule has 0 spiro atoms. The van der Waals surface area contributed by atoms with Crippen LogP contribution in [0.5, 0.6) is 0 Å². The maximum absolute atomic E-state index is 12.2. The van der Waals surface area contributed by atoms with E-state index in [1.807, 2.05) is 6.07 Å². The number of nitrogens with zero attached hydrogens (tertiary/aromatic N) is 2. The molecule has 0 fully saturated rings. The summed E-state index contributed by atoms with van der Waals surface area (Å²) in [6.07, 6.45) is 3.08. The summed E-state index contributed by atoms with van der Waals surface area (Å²) in [4.78, 5) is 0. The molecule has 1 rings (SSSR count). The standard InChI is InChI=1S/C14H16N2O2S/c1-3-9-16(10-4-2)19(17,18)12-14-7-5-13(11-15)6-8-14/h3-8H,1-2,9-10,12H2. The van der Waals surface area contributed by atoms with Crippen molar-refractivity contribution in [2.75, 3.05) is 13.1 Å². The first-order valence-electron chi connectivity index (χ1n) is 5.72. The molecule has 0 unspecified atom stereocenters. The van der Waals surface area contributed by atoms with Crippen LogP contribution in [0.4, 0.5) is 0 Å². The molecule has 0 aliphatic rings. The molecule has 1 aromatic carbocycles. The van der Waals surface area contributed by atoms with Gasteiger partial charge in [-0.1, -0.05) is 24.3 Å². The molecule has 0 saturated carbocycles. The Hall–Kier alpha value is -1.90. The molecule has 0 radical (unpaired) electrons. The molecule has 0 N–H and O–H groups in total. The van der Waals surface area contributed by atoms with E-state index in [0.29, 0.717) is 11.1 Å². The van der Waals surface area contributed by atoms with Crippen LogP contribution in [0.1, 0.15) is 11.1 Å². The highest BCUT2D eigenvalue weighted by Crippen LogP contribution is 2.12. The summed E-state index contributed by atoms with van der Waals surface area (Å²) < 4.78 is 25.7. The minimum absolute atomic E-state index is 0.0968. The van der Waals surface area contributed by atoms with Crippen molar-refractivity contribution in [1.29, 1.82) is 5.26 Å². The van der Waals surface area contributed by atoms with Gasteiger partial charge in [0.05, 0.1) is 17.4 Å². The summed E-state index contributed by atoms with van der Waals surface area (Å²) in [6, 6.07) is 8.51. The third-order valence-corrected chi connectivity index (χ3v) is 4.27. The average molecular weight is 276 g/mol. The molecule has 4 nitrogen and oxygen atoms in total. The van der Waals surface area contributed by atoms with Gasteiger partial charge in [0, 0.05) is 13.1 Å². The van der Waals surface area contributed by atoms with Gasteiger partial charge in [-0.15, -0.1) is 13.2 Å². The molecular weight excluding hydrogens is 260 g/mol. The van der Waals surface area contributed by atoms with Gasteiger partial charge in [-0.2, -0.15) is 9.57 Å². The average Bonchev–Trinajstić information content (AvgIpc) is 2.39. The molecule has 1 aromatic rings. The second-order valence-corrected chi connectivity index (χ2v) is 5.93. The molecule has 0 atom stereocenters. The summed E-state index contributed by atoms with van der Waals surface area (Å²) in [7, 11) is -3.41. The molecule has 0 aromatic heterocycles. The highest BCUT2D eigenvalue weighted by atomic mass is 32.2. The lowest BCUT2D eigenvalue weighted by molar-refractivity contribution is 0.473. The molecule has 100 valence electrons. The summed E-state index contributed by atoms with van der Waals surface area (Å²) in [5.41, 5.74) is 1.16. The van der Waals surface area contributed by atoms with E-state index in [1.165, 1.54) is 4.31 Å². The van der Waals surface area contributed by atoms with Gasteiger partial charge in [-0.3, -0.25) is 0 Å². The lowest BCUT2D eigenvalue weighted by atomic mass is 10.2. The van der Waals surface area contributed by atoms with Gasteiger partial charge in [0.2, 0.25) is 10.0 Å². The van der Waals surface area contributed by atoms with Crippen molar-refractivity contribution in [1.82, 2.24) is 4.31 Å².